The van der Waals surface area contributed by atoms with Gasteiger partial charge < -0.3 is 4.90 Å². The number of rotatable bonds is 1. The lowest BCUT2D eigenvalue weighted by Crippen LogP contribution is -2.56. The molecule has 0 spiro atoms. The highest BCUT2D eigenvalue weighted by Gasteiger charge is 2.41. The van der Waals surface area contributed by atoms with Gasteiger partial charge in [-0.3, -0.25) is 0 Å². The van der Waals surface area contributed by atoms with Crippen LogP contribution in [-0.4, -0.2) is 23.7 Å². The SMILES string of the molecule is CC.CCC1(F)CN(C#N)C1. The lowest BCUT2D eigenvalue weighted by Gasteiger charge is -2.40. The van der Waals surface area contributed by atoms with Gasteiger partial charge in [0, 0.05) is 0 Å². The molecule has 1 saturated heterocycles. The van der Waals surface area contributed by atoms with Crippen LogP contribution in [-0.2, 0) is 0 Å². The summed E-state index contributed by atoms with van der Waals surface area (Å²) in [6, 6.07) is 0. The van der Waals surface area contributed by atoms with Gasteiger partial charge in [0.25, 0.3) is 0 Å². The van der Waals surface area contributed by atoms with Crippen LogP contribution in [0, 0.1) is 11.5 Å². The van der Waals surface area contributed by atoms with Crippen molar-refractivity contribution in [3.8, 4) is 6.19 Å². The highest BCUT2D eigenvalue weighted by molar-refractivity contribution is 5.00. The number of hydrogen-bond acceptors (Lipinski definition) is 2. The fraction of sp³-hybridized carbons (Fsp3) is 0.875. The zero-order valence-electron chi connectivity index (χ0n) is 7.39. The molecule has 0 aliphatic carbocycles. The minimum Gasteiger partial charge on any atom is -0.304 e. The summed E-state index contributed by atoms with van der Waals surface area (Å²) < 4.78 is 12.9. The van der Waals surface area contributed by atoms with Crippen LogP contribution < -0.4 is 0 Å². The van der Waals surface area contributed by atoms with E-state index in [1.807, 2.05) is 20.0 Å². The van der Waals surface area contributed by atoms with E-state index in [1.54, 1.807) is 6.92 Å². The van der Waals surface area contributed by atoms with Crippen molar-refractivity contribution >= 4 is 0 Å². The van der Waals surface area contributed by atoms with Crippen LogP contribution in [0.15, 0.2) is 0 Å². The molecule has 0 N–H and O–H groups in total. The van der Waals surface area contributed by atoms with Gasteiger partial charge in [-0.1, -0.05) is 20.8 Å². The first-order valence-corrected chi connectivity index (χ1v) is 4.04. The minimum atomic E-state index is -1.06. The van der Waals surface area contributed by atoms with Gasteiger partial charge in [0.1, 0.15) is 5.67 Å². The first-order valence-electron chi connectivity index (χ1n) is 4.04. The Hall–Kier alpha value is -0.780. The Morgan fingerprint density at radius 3 is 2.27 bits per heavy atom. The predicted molar refractivity (Wildman–Crippen MR) is 42.7 cm³/mol. The Kier molecular flexibility index (Phi) is 3.88. The van der Waals surface area contributed by atoms with Crippen molar-refractivity contribution in [3.05, 3.63) is 0 Å². The monoisotopic (exact) mass is 158 g/mol. The van der Waals surface area contributed by atoms with Gasteiger partial charge in [0.2, 0.25) is 0 Å². The van der Waals surface area contributed by atoms with Crippen LogP contribution in [0.5, 0.6) is 0 Å². The molecule has 0 aromatic rings. The molecule has 0 aromatic carbocycles. The van der Waals surface area contributed by atoms with Crippen LogP contribution in [0.3, 0.4) is 0 Å². The highest BCUT2D eigenvalue weighted by atomic mass is 19.1. The molecule has 2 nitrogen and oxygen atoms in total. The lowest BCUT2D eigenvalue weighted by atomic mass is 9.94. The standard InChI is InChI=1S/C6H9FN2.C2H6/c1-2-6(7)3-9(4-6)5-8;1-2/h2-4H2,1H3;1-2H3. The van der Waals surface area contributed by atoms with E-state index in [0.717, 1.165) is 0 Å². The van der Waals surface area contributed by atoms with Crippen LogP contribution in [0.2, 0.25) is 0 Å². The van der Waals surface area contributed by atoms with Crippen molar-refractivity contribution in [3.63, 3.8) is 0 Å². The van der Waals surface area contributed by atoms with Crippen LogP contribution in [0.25, 0.3) is 0 Å². The Balaban J connectivity index is 0.000000461. The maximum absolute atomic E-state index is 12.9. The summed E-state index contributed by atoms with van der Waals surface area (Å²) in [5.41, 5.74) is -1.06. The molecule has 0 saturated carbocycles. The molecule has 1 aliphatic heterocycles. The highest BCUT2D eigenvalue weighted by Crippen LogP contribution is 2.27. The van der Waals surface area contributed by atoms with E-state index in [4.69, 9.17) is 5.26 Å². The van der Waals surface area contributed by atoms with Gasteiger partial charge in [-0.15, -0.1) is 0 Å². The molecule has 0 bridgehead atoms. The molecule has 0 aromatic heterocycles. The second-order valence-electron chi connectivity index (χ2n) is 2.46. The van der Waals surface area contributed by atoms with Crippen molar-refractivity contribution in [2.24, 2.45) is 0 Å². The minimum absolute atomic E-state index is 0.292. The molecule has 0 atom stereocenters. The van der Waals surface area contributed by atoms with E-state index in [0.29, 0.717) is 19.5 Å². The smallest absolute Gasteiger partial charge is 0.179 e. The van der Waals surface area contributed by atoms with E-state index in [9.17, 15) is 4.39 Å². The third kappa shape index (κ3) is 2.38. The molecule has 64 valence electrons. The average Bonchev–Trinajstić information content (AvgIpc) is 2.02. The fourth-order valence-electron chi connectivity index (χ4n) is 0.932. The Morgan fingerprint density at radius 1 is 1.55 bits per heavy atom. The summed E-state index contributed by atoms with van der Waals surface area (Å²) in [5, 5.41) is 8.22. The van der Waals surface area contributed by atoms with Crippen LogP contribution in [0.1, 0.15) is 27.2 Å². The molecule has 11 heavy (non-hydrogen) atoms. The molecule has 1 aliphatic rings. The third-order valence-electron chi connectivity index (χ3n) is 1.72. The van der Waals surface area contributed by atoms with Gasteiger partial charge in [-0.05, 0) is 6.42 Å². The molecule has 1 rings (SSSR count). The van der Waals surface area contributed by atoms with E-state index in [-0.39, 0.29) is 0 Å². The Labute approximate surface area is 67.6 Å². The second kappa shape index (κ2) is 4.17. The Morgan fingerprint density at radius 2 is 2.00 bits per heavy atom. The molecular formula is C8H15FN2. The average molecular weight is 158 g/mol. The maximum atomic E-state index is 12.9. The number of alkyl halides is 1. The lowest BCUT2D eigenvalue weighted by molar-refractivity contribution is 0.00132. The number of nitriles is 1. The normalized spacial score (nSPS) is 19.0. The molecule has 0 radical (unpaired) electrons. The summed E-state index contributed by atoms with van der Waals surface area (Å²) in [7, 11) is 0. The molecular weight excluding hydrogens is 143 g/mol. The maximum Gasteiger partial charge on any atom is 0.179 e. The summed E-state index contributed by atoms with van der Waals surface area (Å²) in [4.78, 5) is 1.42. The van der Waals surface area contributed by atoms with E-state index >= 15 is 0 Å². The van der Waals surface area contributed by atoms with Crippen molar-refractivity contribution < 1.29 is 4.39 Å². The van der Waals surface area contributed by atoms with E-state index in [1.165, 1.54) is 4.90 Å². The predicted octanol–water partition coefficient (Wildman–Crippen LogP) is 1.93. The van der Waals surface area contributed by atoms with Crippen molar-refractivity contribution in [1.82, 2.24) is 4.90 Å². The van der Waals surface area contributed by atoms with Crippen molar-refractivity contribution in [2.45, 2.75) is 32.9 Å². The van der Waals surface area contributed by atoms with Crippen LogP contribution >= 0.6 is 0 Å². The summed E-state index contributed by atoms with van der Waals surface area (Å²) >= 11 is 0. The number of hydrogen-bond donors (Lipinski definition) is 0. The van der Waals surface area contributed by atoms with Crippen molar-refractivity contribution in [1.29, 1.82) is 5.26 Å². The topological polar surface area (TPSA) is 27.0 Å². The van der Waals surface area contributed by atoms with Crippen molar-refractivity contribution in [2.75, 3.05) is 13.1 Å². The number of likely N-dealkylation sites (tertiary alicyclic amines) is 1. The molecule has 0 unspecified atom stereocenters. The summed E-state index contributed by atoms with van der Waals surface area (Å²) in [6.07, 6.45) is 2.40. The van der Waals surface area contributed by atoms with Gasteiger partial charge in [0.15, 0.2) is 6.19 Å². The molecule has 0 amide bonds. The fourth-order valence-corrected chi connectivity index (χ4v) is 0.932. The Bertz CT molecular complexity index is 145. The van der Waals surface area contributed by atoms with E-state index < -0.39 is 5.67 Å². The second-order valence-corrected chi connectivity index (χ2v) is 2.46. The zero-order valence-corrected chi connectivity index (χ0v) is 7.39. The van der Waals surface area contributed by atoms with Gasteiger partial charge in [0.05, 0.1) is 13.1 Å². The first kappa shape index (κ1) is 10.2. The number of halogens is 1. The largest absolute Gasteiger partial charge is 0.304 e. The van der Waals surface area contributed by atoms with E-state index in [2.05, 4.69) is 0 Å². The molecule has 3 heteroatoms. The summed E-state index contributed by atoms with van der Waals surface area (Å²) in [5.74, 6) is 0. The first-order chi connectivity index (χ1) is 5.20. The summed E-state index contributed by atoms with van der Waals surface area (Å²) in [6.45, 7) is 6.38. The van der Waals surface area contributed by atoms with Crippen LogP contribution in [0.4, 0.5) is 4.39 Å². The zero-order chi connectivity index (χ0) is 8.91. The van der Waals surface area contributed by atoms with Gasteiger partial charge in [-0.2, -0.15) is 5.26 Å². The van der Waals surface area contributed by atoms with Gasteiger partial charge >= 0.3 is 0 Å². The quantitative estimate of drug-likeness (QED) is 0.545. The molecule has 1 heterocycles. The van der Waals surface area contributed by atoms with Gasteiger partial charge in [-0.25, -0.2) is 4.39 Å². The number of nitrogens with zero attached hydrogens (tertiary/aromatic N) is 2. The molecule has 1 fully saturated rings. The third-order valence-corrected chi connectivity index (χ3v) is 1.72.